The lowest BCUT2D eigenvalue weighted by atomic mass is 9.81. The molecule has 2 saturated heterocycles. The molecule has 0 aromatic heterocycles. The van der Waals surface area contributed by atoms with Crippen molar-refractivity contribution in [3.8, 4) is 17.2 Å². The highest BCUT2D eigenvalue weighted by Crippen LogP contribution is 2.45. The second kappa shape index (κ2) is 7.05. The van der Waals surface area contributed by atoms with Gasteiger partial charge in [0.1, 0.15) is 6.17 Å². The van der Waals surface area contributed by atoms with E-state index in [1.165, 1.54) is 4.90 Å². The lowest BCUT2D eigenvalue weighted by Crippen LogP contribution is -2.71. The minimum Gasteiger partial charge on any atom is -0.493 e. The van der Waals surface area contributed by atoms with E-state index in [-0.39, 0.29) is 30.1 Å². The van der Waals surface area contributed by atoms with Gasteiger partial charge in [-0.15, -0.1) is 0 Å². The lowest BCUT2D eigenvalue weighted by Gasteiger charge is -2.52. The maximum Gasteiger partial charge on any atom is 0.319 e. The fourth-order valence-electron chi connectivity index (χ4n) is 4.02. The Morgan fingerprint density at radius 3 is 1.96 bits per heavy atom. The van der Waals surface area contributed by atoms with Crippen molar-refractivity contribution in [2.24, 2.45) is 5.92 Å². The molecule has 0 bridgehead atoms. The van der Waals surface area contributed by atoms with Crippen molar-refractivity contribution in [2.75, 3.05) is 35.4 Å². The van der Waals surface area contributed by atoms with Crippen LogP contribution in [0.1, 0.15) is 18.5 Å². The molecule has 9 heteroatoms. The van der Waals surface area contributed by atoms with Gasteiger partial charge in [0.15, 0.2) is 11.5 Å². The lowest BCUT2D eigenvalue weighted by molar-refractivity contribution is 0.0247. The van der Waals surface area contributed by atoms with E-state index in [9.17, 15) is 9.59 Å². The highest BCUT2D eigenvalue weighted by Gasteiger charge is 2.49. The first-order valence-corrected chi connectivity index (χ1v) is 8.70. The Morgan fingerprint density at radius 1 is 0.889 bits per heavy atom. The average Bonchev–Trinajstić information content (AvgIpc) is 2.66. The molecule has 2 N–H and O–H groups in total. The van der Waals surface area contributed by atoms with Crippen LogP contribution in [0.5, 0.6) is 17.2 Å². The molecule has 2 aliphatic rings. The first kappa shape index (κ1) is 18.9. The van der Waals surface area contributed by atoms with E-state index in [0.29, 0.717) is 17.2 Å². The molecule has 0 radical (unpaired) electrons. The Labute approximate surface area is 158 Å². The third-order valence-corrected chi connectivity index (χ3v) is 5.43. The van der Waals surface area contributed by atoms with E-state index >= 15 is 0 Å². The first-order chi connectivity index (χ1) is 12.8. The number of benzene rings is 1. The van der Waals surface area contributed by atoms with Crippen LogP contribution in [0.15, 0.2) is 12.1 Å². The van der Waals surface area contributed by atoms with Gasteiger partial charge in [-0.2, -0.15) is 0 Å². The maximum absolute atomic E-state index is 12.6. The summed E-state index contributed by atoms with van der Waals surface area (Å²) in [6.07, 6.45) is -0.415. The van der Waals surface area contributed by atoms with Gasteiger partial charge in [-0.3, -0.25) is 0 Å². The van der Waals surface area contributed by atoms with Crippen molar-refractivity contribution in [2.45, 2.75) is 25.2 Å². The molecule has 9 nitrogen and oxygen atoms in total. The van der Waals surface area contributed by atoms with Crippen LogP contribution in [0.25, 0.3) is 0 Å². The fraction of sp³-hybridized carbons (Fsp3) is 0.556. The number of rotatable bonds is 4. The fourth-order valence-corrected chi connectivity index (χ4v) is 4.02. The van der Waals surface area contributed by atoms with Gasteiger partial charge in [-0.25, -0.2) is 9.59 Å². The molecule has 1 aromatic carbocycles. The molecular formula is C18H26N4O5. The molecule has 0 aliphatic carbocycles. The predicted octanol–water partition coefficient (Wildman–Crippen LogP) is 1.39. The van der Waals surface area contributed by atoms with Gasteiger partial charge < -0.3 is 34.6 Å². The minimum absolute atomic E-state index is 0.0850. The highest BCUT2D eigenvalue weighted by atomic mass is 16.5. The molecule has 0 spiro atoms. The largest absolute Gasteiger partial charge is 0.493 e. The smallest absolute Gasteiger partial charge is 0.319 e. The number of nitrogens with zero attached hydrogens (tertiary/aromatic N) is 2. The van der Waals surface area contributed by atoms with Crippen molar-refractivity contribution in [3.05, 3.63) is 17.7 Å². The Hall–Kier alpha value is -2.84. The molecule has 2 heterocycles. The molecule has 2 aliphatic heterocycles. The molecule has 4 amide bonds. The molecule has 1 aromatic rings. The first-order valence-electron chi connectivity index (χ1n) is 8.70. The van der Waals surface area contributed by atoms with E-state index in [2.05, 4.69) is 10.6 Å². The Kier molecular flexibility index (Phi) is 4.95. The number of carbonyl (C=O) groups is 2. The molecule has 0 saturated carbocycles. The van der Waals surface area contributed by atoms with Crippen molar-refractivity contribution >= 4 is 12.1 Å². The number of carbonyl (C=O) groups excluding carboxylic acids is 2. The molecular weight excluding hydrogens is 352 g/mol. The van der Waals surface area contributed by atoms with Crippen LogP contribution in [0.2, 0.25) is 0 Å². The zero-order chi connectivity index (χ0) is 19.9. The third-order valence-electron chi connectivity index (χ3n) is 5.43. The Bertz CT molecular complexity index is 730. The van der Waals surface area contributed by atoms with E-state index in [1.54, 1.807) is 40.3 Å². The SMILES string of the molecule is COc1cc([C@@H]2[C@@H]3[C@H](C)NC(=O)N(C)[C@H]3NC(=O)N2C)cc(OC)c1OC. The second-order valence-corrected chi connectivity index (χ2v) is 6.84. The summed E-state index contributed by atoms with van der Waals surface area (Å²) in [7, 11) is 8.07. The second-order valence-electron chi connectivity index (χ2n) is 6.84. The highest BCUT2D eigenvalue weighted by molar-refractivity contribution is 5.80. The molecule has 4 atom stereocenters. The van der Waals surface area contributed by atoms with Crippen molar-refractivity contribution in [1.82, 2.24) is 20.4 Å². The van der Waals surface area contributed by atoms with E-state index < -0.39 is 6.17 Å². The number of urea groups is 2. The Morgan fingerprint density at radius 2 is 1.44 bits per heavy atom. The van der Waals surface area contributed by atoms with E-state index in [0.717, 1.165) is 5.56 Å². The van der Waals surface area contributed by atoms with Gasteiger partial charge in [-0.1, -0.05) is 0 Å². The van der Waals surface area contributed by atoms with Crippen LogP contribution in [0.4, 0.5) is 9.59 Å². The average molecular weight is 378 g/mol. The topological polar surface area (TPSA) is 92.4 Å². The number of nitrogens with one attached hydrogen (secondary N) is 2. The molecule has 0 unspecified atom stereocenters. The van der Waals surface area contributed by atoms with E-state index in [4.69, 9.17) is 14.2 Å². The van der Waals surface area contributed by atoms with E-state index in [1.807, 2.05) is 19.1 Å². The number of amides is 4. The third kappa shape index (κ3) is 2.96. The van der Waals surface area contributed by atoms with Gasteiger partial charge in [-0.05, 0) is 24.6 Å². The summed E-state index contributed by atoms with van der Waals surface area (Å²) in [6, 6.07) is 2.80. The van der Waals surface area contributed by atoms with Crippen LogP contribution >= 0.6 is 0 Å². The van der Waals surface area contributed by atoms with Gasteiger partial charge in [0.25, 0.3) is 0 Å². The molecule has 148 valence electrons. The quantitative estimate of drug-likeness (QED) is 0.826. The van der Waals surface area contributed by atoms with Crippen LogP contribution in [-0.2, 0) is 0 Å². The number of hydrogen-bond acceptors (Lipinski definition) is 5. The summed E-state index contributed by atoms with van der Waals surface area (Å²) in [5.74, 6) is 1.44. The van der Waals surface area contributed by atoms with Gasteiger partial charge in [0, 0.05) is 26.1 Å². The number of ether oxygens (including phenoxy) is 3. The maximum atomic E-state index is 12.6. The summed E-state index contributed by atoms with van der Waals surface area (Å²) in [6.45, 7) is 1.94. The molecule has 3 rings (SSSR count). The Balaban J connectivity index is 2.12. The van der Waals surface area contributed by atoms with Crippen LogP contribution in [0.3, 0.4) is 0 Å². The number of hydrogen-bond donors (Lipinski definition) is 2. The van der Waals surface area contributed by atoms with Crippen LogP contribution < -0.4 is 24.8 Å². The number of fused-ring (bicyclic) bond motifs is 1. The van der Waals surface area contributed by atoms with Crippen LogP contribution in [-0.4, -0.2) is 69.5 Å². The van der Waals surface area contributed by atoms with Gasteiger partial charge in [0.2, 0.25) is 5.75 Å². The monoisotopic (exact) mass is 378 g/mol. The zero-order valence-corrected chi connectivity index (χ0v) is 16.4. The zero-order valence-electron chi connectivity index (χ0n) is 16.4. The summed E-state index contributed by atoms with van der Waals surface area (Å²) in [4.78, 5) is 27.9. The molecule has 27 heavy (non-hydrogen) atoms. The van der Waals surface area contributed by atoms with Gasteiger partial charge >= 0.3 is 12.1 Å². The van der Waals surface area contributed by atoms with Crippen molar-refractivity contribution in [1.29, 1.82) is 0 Å². The normalized spacial score (nSPS) is 27.5. The summed E-state index contributed by atoms with van der Waals surface area (Å²) >= 11 is 0. The summed E-state index contributed by atoms with van der Waals surface area (Å²) < 4.78 is 16.3. The minimum atomic E-state index is -0.415. The summed E-state index contributed by atoms with van der Waals surface area (Å²) in [5, 5.41) is 5.89. The predicted molar refractivity (Wildman–Crippen MR) is 98.2 cm³/mol. The molecule has 2 fully saturated rings. The van der Waals surface area contributed by atoms with Crippen molar-refractivity contribution < 1.29 is 23.8 Å². The van der Waals surface area contributed by atoms with Crippen molar-refractivity contribution in [3.63, 3.8) is 0 Å². The summed E-state index contributed by atoms with van der Waals surface area (Å²) in [5.41, 5.74) is 0.841. The standard InChI is InChI=1S/C18H26N4O5/c1-9-13-14(10-7-11(25-4)15(27-6)12(8-10)26-5)21(2)18(24)20-16(13)22(3)17(23)19-9/h7-9,13-14,16H,1-6H3,(H,19,23)(H,20,24)/t9-,13-,14+,16+/m0/s1. The van der Waals surface area contributed by atoms with Crippen LogP contribution in [0, 0.1) is 5.92 Å². The number of methoxy groups -OCH3 is 3. The van der Waals surface area contributed by atoms with Gasteiger partial charge in [0.05, 0.1) is 27.4 Å².